The predicted octanol–water partition coefficient (Wildman–Crippen LogP) is 11.7. The summed E-state index contributed by atoms with van der Waals surface area (Å²) in [5.41, 5.74) is 16.7. The van der Waals surface area contributed by atoms with Crippen LogP contribution in [-0.2, 0) is 21.1 Å². The summed E-state index contributed by atoms with van der Waals surface area (Å²) < 4.78 is 29.1. The topological polar surface area (TPSA) is 77.2 Å². The lowest BCUT2D eigenvalue weighted by Crippen LogP contribution is -2.26. The molecule has 6 aromatic rings. The van der Waals surface area contributed by atoms with E-state index in [-0.39, 0.29) is 36.0 Å². The number of carbonyl (C=O) groups excluding carboxylic acids is 1. The number of hydrogen-bond donors (Lipinski definition) is 1. The minimum atomic E-state index is -3.71. The number of hydrogen-bond acceptors (Lipinski definition) is 3. The van der Waals surface area contributed by atoms with E-state index in [1.165, 1.54) is 0 Å². The maximum atomic E-state index is 14.6. The summed E-state index contributed by atoms with van der Waals surface area (Å²) in [5.74, 6) is -0.433. The molecule has 260 valence electrons. The number of fused-ring (bicyclic) bond motifs is 4. The number of amides is 1. The van der Waals surface area contributed by atoms with Gasteiger partial charge in [-0.1, -0.05) is 128 Å². The van der Waals surface area contributed by atoms with Gasteiger partial charge in [-0.15, -0.1) is 0 Å². The molecule has 2 heterocycles. The van der Waals surface area contributed by atoms with Crippen LogP contribution in [0.4, 0.5) is 0 Å². The van der Waals surface area contributed by atoms with Crippen molar-refractivity contribution in [1.29, 1.82) is 0 Å². The van der Waals surface area contributed by atoms with Crippen LogP contribution < -0.4 is 5.73 Å². The molecule has 51 heavy (non-hydrogen) atoms. The monoisotopic (exact) mass is 693 g/mol. The summed E-state index contributed by atoms with van der Waals surface area (Å²) >= 11 is 0. The predicted molar refractivity (Wildman–Crippen MR) is 212 cm³/mol. The van der Waals surface area contributed by atoms with Crippen LogP contribution in [0.15, 0.2) is 101 Å². The minimum absolute atomic E-state index is 0.0235. The molecule has 8 rings (SSSR count). The van der Waals surface area contributed by atoms with Crippen LogP contribution in [0.3, 0.4) is 0 Å². The second kappa shape index (κ2) is 12.8. The third-order valence-electron chi connectivity index (χ3n) is 10.6. The number of primary amides is 1. The molecule has 0 saturated carbocycles. The normalized spacial score (nSPS) is 13.6. The van der Waals surface area contributed by atoms with Crippen molar-refractivity contribution in [2.75, 3.05) is 0 Å². The Morgan fingerprint density at radius 3 is 1.49 bits per heavy atom. The van der Waals surface area contributed by atoms with E-state index >= 15 is 0 Å². The Labute approximate surface area is 302 Å². The highest BCUT2D eigenvalue weighted by Crippen LogP contribution is 2.60. The Hall–Kier alpha value is -4.74. The highest BCUT2D eigenvalue weighted by Gasteiger charge is 2.47. The van der Waals surface area contributed by atoms with Gasteiger partial charge >= 0.3 is 0 Å². The second-order valence-electron chi connectivity index (χ2n) is 15.4. The first-order chi connectivity index (χ1) is 24.2. The molecular weight excluding hydrogens is 647 g/mol. The van der Waals surface area contributed by atoms with E-state index in [1.54, 1.807) is 0 Å². The largest absolute Gasteiger partial charge is 0.369 e. The van der Waals surface area contributed by atoms with Crippen LogP contribution in [0.25, 0.3) is 54.9 Å². The van der Waals surface area contributed by atoms with Crippen LogP contribution in [0, 0.1) is 0 Å². The van der Waals surface area contributed by atoms with Gasteiger partial charge < -0.3 is 5.73 Å². The number of sulfone groups is 1. The van der Waals surface area contributed by atoms with Crippen LogP contribution in [-0.4, -0.2) is 14.3 Å². The van der Waals surface area contributed by atoms with Gasteiger partial charge in [-0.25, -0.2) is 8.42 Å². The molecule has 4 nitrogen and oxygen atoms in total. The summed E-state index contributed by atoms with van der Waals surface area (Å²) in [4.78, 5) is 13.7. The van der Waals surface area contributed by atoms with Gasteiger partial charge in [-0.3, -0.25) is 4.79 Å². The SMILES string of the molecule is CC(C)c1cc(-c2ccc3ccccc3c2)c(-c2c(C(C)C)c3c(-c4ccc5ccccc5c4)c(c2C(C)C)S3(=O)=O)c(C(C)C)c1CC(N)=O. The van der Waals surface area contributed by atoms with Gasteiger partial charge in [0.05, 0.1) is 16.2 Å². The zero-order chi connectivity index (χ0) is 36.5. The molecule has 0 atom stereocenters. The van der Waals surface area contributed by atoms with E-state index in [4.69, 9.17) is 5.73 Å². The lowest BCUT2D eigenvalue weighted by molar-refractivity contribution is -0.117. The van der Waals surface area contributed by atoms with Crippen molar-refractivity contribution in [3.8, 4) is 33.4 Å². The van der Waals surface area contributed by atoms with Crippen molar-refractivity contribution in [3.63, 3.8) is 0 Å². The minimum Gasteiger partial charge on any atom is -0.369 e. The quantitative estimate of drug-likeness (QED) is 0.163. The van der Waals surface area contributed by atoms with Gasteiger partial charge in [-0.05, 0) is 119 Å². The molecule has 0 aromatic heterocycles. The molecule has 6 aromatic carbocycles. The van der Waals surface area contributed by atoms with Crippen LogP contribution in [0.1, 0.15) is 107 Å². The van der Waals surface area contributed by atoms with Crippen molar-refractivity contribution in [3.05, 3.63) is 119 Å². The van der Waals surface area contributed by atoms with E-state index in [0.717, 1.165) is 82.7 Å². The van der Waals surface area contributed by atoms with Gasteiger partial charge in [0.25, 0.3) is 0 Å². The van der Waals surface area contributed by atoms with Crippen LogP contribution in [0.2, 0.25) is 0 Å². The van der Waals surface area contributed by atoms with E-state index < -0.39 is 9.84 Å². The maximum absolute atomic E-state index is 14.6. The fraction of sp³-hybridized carbons (Fsp3) is 0.283. The summed E-state index contributed by atoms with van der Waals surface area (Å²) in [5, 5.41) is 4.48. The highest BCUT2D eigenvalue weighted by atomic mass is 32.2. The third-order valence-corrected chi connectivity index (χ3v) is 12.5. The third kappa shape index (κ3) is 5.57. The standard InChI is InChI=1S/C46H47NO3S/c1-25(2)35-23-36(33-19-17-29-13-9-11-15-31(29)21-33)43(39(26(3)4)37(35)24-38(47)48)44-40(27(5)6)45-42(46(51(45,49)50)41(44)28(7)8)34-20-18-30-14-10-12-16-32(30)22-34/h9-23,25-28H,24H2,1-8H3,(H2,47,48). The molecule has 5 heteroatoms. The Morgan fingerprint density at radius 2 is 1.02 bits per heavy atom. The molecule has 0 saturated heterocycles. The van der Waals surface area contributed by atoms with Crippen molar-refractivity contribution in [2.45, 2.75) is 95.3 Å². The van der Waals surface area contributed by atoms with Crippen molar-refractivity contribution < 1.29 is 13.2 Å². The molecule has 0 fully saturated rings. The Balaban J connectivity index is 1.69. The molecule has 2 bridgehead atoms. The van der Waals surface area contributed by atoms with Crippen molar-refractivity contribution in [1.82, 2.24) is 0 Å². The summed E-state index contributed by atoms with van der Waals surface area (Å²) in [6.07, 6.45) is 0.118. The Bertz CT molecular complexity index is 2460. The molecule has 0 aliphatic carbocycles. The highest BCUT2D eigenvalue weighted by molar-refractivity contribution is 7.93. The second-order valence-corrected chi connectivity index (χ2v) is 17.2. The fourth-order valence-electron chi connectivity index (χ4n) is 8.48. The molecule has 2 N–H and O–H groups in total. The summed E-state index contributed by atoms with van der Waals surface area (Å²) in [6, 6.07) is 31.7. The lowest BCUT2D eigenvalue weighted by atomic mass is 9.73. The fourth-order valence-corrected chi connectivity index (χ4v) is 10.8. The number of carbonyl (C=O) groups is 1. The van der Waals surface area contributed by atoms with Gasteiger partial charge in [0.15, 0.2) is 0 Å². The lowest BCUT2D eigenvalue weighted by Gasteiger charge is -2.38. The number of nitrogens with two attached hydrogens (primary N) is 1. The van der Waals surface area contributed by atoms with Gasteiger partial charge in [0.2, 0.25) is 15.7 Å². The van der Waals surface area contributed by atoms with E-state index in [0.29, 0.717) is 9.79 Å². The average molecular weight is 694 g/mol. The first-order valence-electron chi connectivity index (χ1n) is 18.2. The smallest absolute Gasteiger partial charge is 0.221 e. The molecule has 0 radical (unpaired) electrons. The Morgan fingerprint density at radius 1 is 0.549 bits per heavy atom. The number of rotatable bonds is 9. The van der Waals surface area contributed by atoms with Crippen LogP contribution >= 0.6 is 0 Å². The first kappa shape index (κ1) is 34.7. The van der Waals surface area contributed by atoms with Crippen molar-refractivity contribution in [2.24, 2.45) is 5.73 Å². The van der Waals surface area contributed by atoms with Gasteiger partial charge in [-0.2, -0.15) is 0 Å². The molecule has 0 unspecified atom stereocenters. The van der Waals surface area contributed by atoms with E-state index in [1.807, 2.05) is 12.1 Å². The molecule has 0 spiro atoms. The van der Waals surface area contributed by atoms with Gasteiger partial charge in [0, 0.05) is 5.56 Å². The summed E-state index contributed by atoms with van der Waals surface area (Å²) in [6.45, 7) is 17.1. The molecule has 1 amide bonds. The van der Waals surface area contributed by atoms with Crippen LogP contribution in [0.5, 0.6) is 0 Å². The van der Waals surface area contributed by atoms with E-state index in [2.05, 4.69) is 134 Å². The van der Waals surface area contributed by atoms with E-state index in [9.17, 15) is 13.2 Å². The molecular formula is C46H47NO3S. The molecule has 2 aliphatic heterocycles. The first-order valence-corrected chi connectivity index (χ1v) is 19.7. The molecule has 2 aliphatic rings. The van der Waals surface area contributed by atoms with Gasteiger partial charge in [0.1, 0.15) is 0 Å². The zero-order valence-electron chi connectivity index (χ0n) is 30.9. The maximum Gasteiger partial charge on any atom is 0.221 e. The number of benzene rings is 6. The zero-order valence-corrected chi connectivity index (χ0v) is 31.7. The summed E-state index contributed by atoms with van der Waals surface area (Å²) in [7, 11) is -3.71. The Kier molecular flexibility index (Phi) is 8.70. The average Bonchev–Trinajstić information content (AvgIpc) is 3.09. The van der Waals surface area contributed by atoms with Crippen molar-refractivity contribution >= 4 is 37.3 Å².